The summed E-state index contributed by atoms with van der Waals surface area (Å²) in [5.74, 6) is -0.974. The summed E-state index contributed by atoms with van der Waals surface area (Å²) < 4.78 is 0. The van der Waals surface area contributed by atoms with Crippen LogP contribution in [0.1, 0.15) is 22.2 Å². The van der Waals surface area contributed by atoms with E-state index in [1.54, 1.807) is 29.5 Å². The molecule has 1 heterocycles. The Hall–Kier alpha value is -2.01. The van der Waals surface area contributed by atoms with Crippen LogP contribution in [-0.2, 0) is 6.42 Å². The van der Waals surface area contributed by atoms with Gasteiger partial charge < -0.3 is 16.2 Å². The Balaban J connectivity index is 2.16. The number of para-hydroxylation sites is 1. The molecule has 19 heavy (non-hydrogen) atoms. The average Bonchev–Trinajstić information content (AvgIpc) is 2.84. The molecule has 4 N–H and O–H groups in total. The summed E-state index contributed by atoms with van der Waals surface area (Å²) in [7, 11) is 0. The van der Waals surface area contributed by atoms with Gasteiger partial charge in [-0.1, -0.05) is 12.1 Å². The lowest BCUT2D eigenvalue weighted by Crippen LogP contribution is -2.20. The topological polar surface area (TPSA) is 75.3 Å². The van der Waals surface area contributed by atoms with Gasteiger partial charge in [0.1, 0.15) is 0 Å². The van der Waals surface area contributed by atoms with Crippen LogP contribution in [0.2, 0.25) is 0 Å². The molecule has 1 aromatic carbocycles. The highest BCUT2D eigenvalue weighted by molar-refractivity contribution is 7.09. The largest absolute Gasteiger partial charge is 0.478 e. The standard InChI is InChI=1S/C14H16N2O2S/c1-9(8-10-4-3-7-19-10)16-13-11(14(17)18)5-2-6-12(13)15/h2-7,9,16H,8,15H2,1H3,(H,17,18). The van der Waals surface area contributed by atoms with Crippen molar-refractivity contribution in [2.24, 2.45) is 0 Å². The number of anilines is 2. The van der Waals surface area contributed by atoms with E-state index in [1.165, 1.54) is 4.88 Å². The van der Waals surface area contributed by atoms with E-state index >= 15 is 0 Å². The van der Waals surface area contributed by atoms with Crippen LogP contribution in [0, 0.1) is 0 Å². The normalized spacial score (nSPS) is 12.1. The molecule has 1 aromatic heterocycles. The molecule has 2 rings (SSSR count). The number of benzene rings is 1. The molecule has 2 aromatic rings. The van der Waals surface area contributed by atoms with Gasteiger partial charge in [0.2, 0.25) is 0 Å². The number of carboxylic acid groups (broad SMARTS) is 1. The summed E-state index contributed by atoms with van der Waals surface area (Å²) in [6, 6.07) is 9.09. The van der Waals surface area contributed by atoms with E-state index in [4.69, 9.17) is 10.8 Å². The molecule has 0 radical (unpaired) electrons. The first kappa shape index (κ1) is 13.4. The molecule has 5 heteroatoms. The molecule has 0 aliphatic rings. The zero-order valence-corrected chi connectivity index (χ0v) is 11.4. The van der Waals surface area contributed by atoms with Crippen LogP contribution >= 0.6 is 11.3 Å². The number of carbonyl (C=O) groups is 1. The number of hydrogen-bond acceptors (Lipinski definition) is 4. The third-order valence-electron chi connectivity index (χ3n) is 2.81. The molecule has 0 aliphatic carbocycles. The van der Waals surface area contributed by atoms with Crippen molar-refractivity contribution in [2.75, 3.05) is 11.1 Å². The van der Waals surface area contributed by atoms with Gasteiger partial charge in [-0.15, -0.1) is 11.3 Å². The molecule has 0 saturated carbocycles. The average molecular weight is 276 g/mol. The molecular formula is C14H16N2O2S. The number of thiophene rings is 1. The van der Waals surface area contributed by atoms with Gasteiger partial charge in [0, 0.05) is 17.3 Å². The molecule has 0 spiro atoms. The quantitative estimate of drug-likeness (QED) is 0.734. The van der Waals surface area contributed by atoms with E-state index in [-0.39, 0.29) is 11.6 Å². The van der Waals surface area contributed by atoms with Crippen molar-refractivity contribution in [1.29, 1.82) is 0 Å². The molecule has 0 bridgehead atoms. The van der Waals surface area contributed by atoms with Crippen LogP contribution in [-0.4, -0.2) is 17.1 Å². The number of carboxylic acids is 1. The van der Waals surface area contributed by atoms with Crippen LogP contribution in [0.3, 0.4) is 0 Å². The van der Waals surface area contributed by atoms with E-state index in [0.29, 0.717) is 11.4 Å². The molecule has 0 amide bonds. The summed E-state index contributed by atoms with van der Waals surface area (Å²) in [6.07, 6.45) is 0.838. The minimum Gasteiger partial charge on any atom is -0.478 e. The van der Waals surface area contributed by atoms with Crippen molar-refractivity contribution in [3.05, 3.63) is 46.2 Å². The smallest absolute Gasteiger partial charge is 0.337 e. The van der Waals surface area contributed by atoms with Gasteiger partial charge in [-0.3, -0.25) is 0 Å². The van der Waals surface area contributed by atoms with Gasteiger partial charge >= 0.3 is 5.97 Å². The summed E-state index contributed by atoms with van der Waals surface area (Å²) in [5, 5.41) is 14.4. The van der Waals surface area contributed by atoms with E-state index < -0.39 is 5.97 Å². The lowest BCUT2D eigenvalue weighted by molar-refractivity contribution is 0.0698. The molecule has 100 valence electrons. The monoisotopic (exact) mass is 276 g/mol. The van der Waals surface area contributed by atoms with Crippen LogP contribution in [0.25, 0.3) is 0 Å². The van der Waals surface area contributed by atoms with Crippen LogP contribution in [0.5, 0.6) is 0 Å². The zero-order valence-electron chi connectivity index (χ0n) is 10.6. The fraction of sp³-hybridized carbons (Fsp3) is 0.214. The fourth-order valence-electron chi connectivity index (χ4n) is 1.94. The van der Waals surface area contributed by atoms with Gasteiger partial charge in [-0.05, 0) is 30.5 Å². The molecule has 1 unspecified atom stereocenters. The van der Waals surface area contributed by atoms with E-state index in [2.05, 4.69) is 11.4 Å². The molecular weight excluding hydrogens is 260 g/mol. The Labute approximate surface area is 115 Å². The Morgan fingerprint density at radius 3 is 2.84 bits per heavy atom. The third-order valence-corrected chi connectivity index (χ3v) is 3.70. The van der Waals surface area contributed by atoms with Gasteiger partial charge in [-0.25, -0.2) is 4.79 Å². The first-order valence-electron chi connectivity index (χ1n) is 5.98. The Morgan fingerprint density at radius 2 is 2.21 bits per heavy atom. The Kier molecular flexibility index (Phi) is 4.06. The maximum atomic E-state index is 11.2. The van der Waals surface area contributed by atoms with E-state index in [1.807, 2.05) is 18.4 Å². The van der Waals surface area contributed by atoms with Crippen molar-refractivity contribution in [3.63, 3.8) is 0 Å². The molecule has 0 aliphatic heterocycles. The number of nitrogens with one attached hydrogen (secondary N) is 1. The van der Waals surface area contributed by atoms with Gasteiger partial charge in [-0.2, -0.15) is 0 Å². The van der Waals surface area contributed by atoms with Crippen molar-refractivity contribution in [2.45, 2.75) is 19.4 Å². The number of hydrogen-bond donors (Lipinski definition) is 3. The lowest BCUT2D eigenvalue weighted by atomic mass is 10.1. The SMILES string of the molecule is CC(Cc1cccs1)Nc1c(N)cccc1C(=O)O. The van der Waals surface area contributed by atoms with Crippen molar-refractivity contribution < 1.29 is 9.90 Å². The minimum atomic E-state index is -0.974. The number of aromatic carboxylic acids is 1. The summed E-state index contributed by atoms with van der Waals surface area (Å²) >= 11 is 1.69. The van der Waals surface area contributed by atoms with E-state index in [9.17, 15) is 4.79 Å². The second kappa shape index (κ2) is 5.75. The third kappa shape index (κ3) is 3.26. The highest BCUT2D eigenvalue weighted by Gasteiger charge is 2.14. The Bertz CT molecular complexity index is 567. The van der Waals surface area contributed by atoms with Gasteiger partial charge in [0.05, 0.1) is 16.9 Å². The van der Waals surface area contributed by atoms with Gasteiger partial charge in [0.25, 0.3) is 0 Å². The second-order valence-corrected chi connectivity index (χ2v) is 5.44. The molecule has 0 saturated heterocycles. The summed E-state index contributed by atoms with van der Waals surface area (Å²) in [4.78, 5) is 12.4. The molecule has 4 nitrogen and oxygen atoms in total. The number of nitrogens with two attached hydrogens (primary N) is 1. The molecule has 0 fully saturated rings. The summed E-state index contributed by atoms with van der Waals surface area (Å²) in [6.45, 7) is 2.01. The maximum Gasteiger partial charge on any atom is 0.337 e. The van der Waals surface area contributed by atoms with E-state index in [0.717, 1.165) is 6.42 Å². The van der Waals surface area contributed by atoms with Gasteiger partial charge in [0.15, 0.2) is 0 Å². The minimum absolute atomic E-state index is 0.112. The highest BCUT2D eigenvalue weighted by Crippen LogP contribution is 2.25. The first-order chi connectivity index (χ1) is 9.08. The maximum absolute atomic E-state index is 11.2. The lowest BCUT2D eigenvalue weighted by Gasteiger charge is -2.18. The van der Waals surface area contributed by atoms with Crippen molar-refractivity contribution in [1.82, 2.24) is 0 Å². The van der Waals surface area contributed by atoms with Crippen molar-refractivity contribution >= 4 is 28.7 Å². The Morgan fingerprint density at radius 1 is 1.42 bits per heavy atom. The predicted octanol–water partition coefficient (Wildman–Crippen LogP) is 3.07. The first-order valence-corrected chi connectivity index (χ1v) is 6.86. The van der Waals surface area contributed by atoms with Crippen molar-refractivity contribution in [3.8, 4) is 0 Å². The number of rotatable bonds is 5. The predicted molar refractivity (Wildman–Crippen MR) is 78.9 cm³/mol. The van der Waals surface area contributed by atoms with Crippen LogP contribution in [0.15, 0.2) is 35.7 Å². The van der Waals surface area contributed by atoms with Crippen LogP contribution < -0.4 is 11.1 Å². The second-order valence-electron chi connectivity index (χ2n) is 4.40. The zero-order chi connectivity index (χ0) is 13.8. The summed E-state index contributed by atoms with van der Waals surface area (Å²) in [5.41, 5.74) is 7.02. The van der Waals surface area contributed by atoms with Crippen LogP contribution in [0.4, 0.5) is 11.4 Å². The number of nitrogen functional groups attached to an aromatic ring is 1. The molecule has 1 atom stereocenters. The fourth-order valence-corrected chi connectivity index (χ4v) is 2.77. The highest BCUT2D eigenvalue weighted by atomic mass is 32.1.